The lowest BCUT2D eigenvalue weighted by molar-refractivity contribution is 0.218. The van der Waals surface area contributed by atoms with E-state index in [1.165, 1.54) is 11.3 Å². The summed E-state index contributed by atoms with van der Waals surface area (Å²) in [6, 6.07) is 4.90. The summed E-state index contributed by atoms with van der Waals surface area (Å²) in [7, 11) is 0. The maximum absolute atomic E-state index is 13.5. The number of hydrogen-bond donors (Lipinski definition) is 1. The highest BCUT2D eigenvalue weighted by atomic mass is 32.1. The van der Waals surface area contributed by atoms with Crippen LogP contribution in [0.4, 0.5) is 8.78 Å². The first-order valence-electron chi connectivity index (χ1n) is 5.19. The highest BCUT2D eigenvalue weighted by Crippen LogP contribution is 2.32. The van der Waals surface area contributed by atoms with Crippen molar-refractivity contribution < 1.29 is 13.9 Å². The molecule has 4 heteroatoms. The molecule has 0 aliphatic carbocycles. The van der Waals surface area contributed by atoms with E-state index in [-0.39, 0.29) is 5.56 Å². The molecule has 0 amide bonds. The molecule has 1 heterocycles. The van der Waals surface area contributed by atoms with Crippen molar-refractivity contribution in [3.63, 3.8) is 0 Å². The summed E-state index contributed by atoms with van der Waals surface area (Å²) in [5, 5.41) is 10.0. The molecule has 1 nitrogen and oxygen atoms in total. The lowest BCUT2D eigenvalue weighted by Crippen LogP contribution is -2.01. The predicted octanol–water partition coefficient (Wildman–Crippen LogP) is 3.72. The van der Waals surface area contributed by atoms with Gasteiger partial charge in [0.2, 0.25) is 0 Å². The number of hydrogen-bond acceptors (Lipinski definition) is 2. The smallest absolute Gasteiger partial charge is 0.129 e. The van der Waals surface area contributed by atoms with Crippen LogP contribution in [-0.2, 0) is 0 Å². The van der Waals surface area contributed by atoms with Crippen LogP contribution in [0.2, 0.25) is 0 Å². The van der Waals surface area contributed by atoms with Crippen molar-refractivity contribution in [3.8, 4) is 0 Å². The Bertz CT molecular complexity index is 529. The lowest BCUT2D eigenvalue weighted by Gasteiger charge is -2.10. The second-order valence-electron chi connectivity index (χ2n) is 3.96. The molecule has 2 rings (SSSR count). The average molecular weight is 254 g/mol. The summed E-state index contributed by atoms with van der Waals surface area (Å²) in [5.41, 5.74) is 1.02. The van der Waals surface area contributed by atoms with Gasteiger partial charge in [0.25, 0.3) is 0 Å². The van der Waals surface area contributed by atoms with E-state index in [4.69, 9.17) is 0 Å². The summed E-state index contributed by atoms with van der Waals surface area (Å²) in [6.07, 6.45) is -1.11. The molecule has 0 radical (unpaired) electrons. The number of thiophene rings is 1. The molecule has 0 fully saturated rings. The molecule has 17 heavy (non-hydrogen) atoms. The zero-order valence-corrected chi connectivity index (χ0v) is 10.3. The first-order valence-corrected chi connectivity index (χ1v) is 6.00. The standard InChI is InChI=1S/C13H12F2OS/c1-7-5-12(17-8(7)2)13(16)10-6-9(14)3-4-11(10)15/h3-6,13,16H,1-2H3. The quantitative estimate of drug-likeness (QED) is 0.866. The normalized spacial score (nSPS) is 12.8. The van der Waals surface area contributed by atoms with Gasteiger partial charge in [-0.2, -0.15) is 0 Å². The van der Waals surface area contributed by atoms with Crippen LogP contribution >= 0.6 is 11.3 Å². The Labute approximate surface area is 102 Å². The van der Waals surface area contributed by atoms with E-state index >= 15 is 0 Å². The summed E-state index contributed by atoms with van der Waals surface area (Å²) in [4.78, 5) is 1.69. The number of aryl methyl sites for hydroxylation is 2. The molecule has 1 atom stereocenters. The van der Waals surface area contributed by atoms with Gasteiger partial charge in [-0.1, -0.05) is 0 Å². The molecule has 0 saturated heterocycles. The van der Waals surface area contributed by atoms with Crippen molar-refractivity contribution in [1.29, 1.82) is 0 Å². The van der Waals surface area contributed by atoms with Crippen molar-refractivity contribution in [2.75, 3.05) is 0 Å². The largest absolute Gasteiger partial charge is 0.383 e. The van der Waals surface area contributed by atoms with E-state index in [0.29, 0.717) is 4.88 Å². The molecular weight excluding hydrogens is 242 g/mol. The molecule has 1 N–H and O–H groups in total. The zero-order chi connectivity index (χ0) is 12.6. The molecule has 0 aliphatic heterocycles. The third kappa shape index (κ3) is 2.37. The van der Waals surface area contributed by atoms with E-state index in [2.05, 4.69) is 0 Å². The molecule has 0 bridgehead atoms. The molecule has 90 valence electrons. The lowest BCUT2D eigenvalue weighted by atomic mass is 10.1. The summed E-state index contributed by atoms with van der Waals surface area (Å²) in [5.74, 6) is -1.15. The molecule has 1 unspecified atom stereocenters. The van der Waals surface area contributed by atoms with Gasteiger partial charge < -0.3 is 5.11 Å². The molecule has 0 spiro atoms. The van der Waals surface area contributed by atoms with E-state index in [1.54, 1.807) is 6.07 Å². The van der Waals surface area contributed by atoms with Gasteiger partial charge in [0, 0.05) is 15.3 Å². The average Bonchev–Trinajstić information content (AvgIpc) is 2.62. The van der Waals surface area contributed by atoms with Gasteiger partial charge >= 0.3 is 0 Å². The van der Waals surface area contributed by atoms with Crippen molar-refractivity contribution in [2.24, 2.45) is 0 Å². The fourth-order valence-corrected chi connectivity index (χ4v) is 2.66. The van der Waals surface area contributed by atoms with Crippen LogP contribution < -0.4 is 0 Å². The minimum atomic E-state index is -1.11. The second-order valence-corrected chi connectivity index (χ2v) is 5.24. The molecule has 0 saturated carbocycles. The number of benzene rings is 1. The number of rotatable bonds is 2. The van der Waals surface area contributed by atoms with Gasteiger partial charge in [0.1, 0.15) is 17.7 Å². The van der Waals surface area contributed by atoms with Gasteiger partial charge in [0.15, 0.2) is 0 Å². The van der Waals surface area contributed by atoms with Crippen LogP contribution in [0.5, 0.6) is 0 Å². The second kappa shape index (κ2) is 4.55. The first-order chi connectivity index (χ1) is 7.99. The molecule has 1 aromatic carbocycles. The fourth-order valence-electron chi connectivity index (χ4n) is 1.61. The van der Waals surface area contributed by atoms with E-state index < -0.39 is 17.7 Å². The Morgan fingerprint density at radius 2 is 1.88 bits per heavy atom. The molecular formula is C13H12F2OS. The van der Waals surface area contributed by atoms with E-state index in [0.717, 1.165) is 28.6 Å². The summed E-state index contributed by atoms with van der Waals surface area (Å²) >= 11 is 1.39. The number of aliphatic hydroxyl groups excluding tert-OH is 1. The van der Waals surface area contributed by atoms with E-state index in [1.807, 2.05) is 13.8 Å². The highest BCUT2D eigenvalue weighted by Gasteiger charge is 2.18. The highest BCUT2D eigenvalue weighted by molar-refractivity contribution is 7.12. The Hall–Kier alpha value is -1.26. The minimum Gasteiger partial charge on any atom is -0.383 e. The minimum absolute atomic E-state index is 0.0220. The van der Waals surface area contributed by atoms with Gasteiger partial charge in [-0.05, 0) is 43.7 Å². The van der Waals surface area contributed by atoms with Gasteiger partial charge in [-0.3, -0.25) is 0 Å². The van der Waals surface area contributed by atoms with Crippen LogP contribution in [0.3, 0.4) is 0 Å². The number of halogens is 2. The van der Waals surface area contributed by atoms with Crippen molar-refractivity contribution in [1.82, 2.24) is 0 Å². The van der Waals surface area contributed by atoms with E-state index in [9.17, 15) is 13.9 Å². The third-order valence-corrected chi connectivity index (χ3v) is 3.91. The van der Waals surface area contributed by atoms with Gasteiger partial charge in [0.05, 0.1) is 0 Å². The van der Waals surface area contributed by atoms with Crippen LogP contribution in [-0.4, -0.2) is 5.11 Å². The Morgan fingerprint density at radius 1 is 1.18 bits per heavy atom. The Kier molecular flexibility index (Phi) is 3.26. The maximum Gasteiger partial charge on any atom is 0.129 e. The Morgan fingerprint density at radius 3 is 2.47 bits per heavy atom. The Balaban J connectivity index is 2.42. The number of aliphatic hydroxyl groups is 1. The molecule has 0 aliphatic rings. The van der Waals surface area contributed by atoms with Crippen LogP contribution in [0.25, 0.3) is 0 Å². The fraction of sp³-hybridized carbons (Fsp3) is 0.231. The summed E-state index contributed by atoms with van der Waals surface area (Å²) < 4.78 is 26.5. The molecule has 1 aromatic heterocycles. The SMILES string of the molecule is Cc1cc(C(O)c2cc(F)ccc2F)sc1C. The van der Waals surface area contributed by atoms with Crippen molar-refractivity contribution in [2.45, 2.75) is 20.0 Å². The van der Waals surface area contributed by atoms with Crippen molar-refractivity contribution in [3.05, 3.63) is 56.8 Å². The van der Waals surface area contributed by atoms with Crippen LogP contribution in [0, 0.1) is 25.5 Å². The maximum atomic E-state index is 13.5. The van der Waals surface area contributed by atoms with Gasteiger partial charge in [-0.25, -0.2) is 8.78 Å². The van der Waals surface area contributed by atoms with Crippen LogP contribution in [0.15, 0.2) is 24.3 Å². The monoisotopic (exact) mass is 254 g/mol. The predicted molar refractivity (Wildman–Crippen MR) is 64.2 cm³/mol. The zero-order valence-electron chi connectivity index (χ0n) is 9.50. The first kappa shape index (κ1) is 12.2. The van der Waals surface area contributed by atoms with Crippen molar-refractivity contribution >= 4 is 11.3 Å². The topological polar surface area (TPSA) is 20.2 Å². The summed E-state index contributed by atoms with van der Waals surface area (Å²) in [6.45, 7) is 3.85. The van der Waals surface area contributed by atoms with Gasteiger partial charge in [-0.15, -0.1) is 11.3 Å². The third-order valence-electron chi connectivity index (χ3n) is 2.71. The van der Waals surface area contributed by atoms with Crippen LogP contribution in [0.1, 0.15) is 27.0 Å². The molecule has 2 aromatic rings.